The first kappa shape index (κ1) is 25.3. The van der Waals surface area contributed by atoms with Gasteiger partial charge in [-0.1, -0.05) is 58.4 Å². The minimum absolute atomic E-state index is 0.187. The summed E-state index contributed by atoms with van der Waals surface area (Å²) in [5.74, 6) is 0.758. The van der Waals surface area contributed by atoms with E-state index in [-0.39, 0.29) is 25.0 Å². The molecule has 0 fully saturated rings. The molecule has 0 radical (unpaired) electrons. The Labute approximate surface area is 209 Å². The zero-order chi connectivity index (χ0) is 24.5. The minimum atomic E-state index is -0.707. The number of carbonyl (C=O) groups is 2. The van der Waals surface area contributed by atoms with Crippen LogP contribution in [-0.2, 0) is 22.6 Å². The molecule has 0 unspecified atom stereocenters. The number of aryl methyl sites for hydroxylation is 1. The molecule has 1 atom stereocenters. The fourth-order valence-corrected chi connectivity index (χ4v) is 3.87. The van der Waals surface area contributed by atoms with E-state index in [0.717, 1.165) is 21.2 Å². The van der Waals surface area contributed by atoms with Crippen LogP contribution >= 0.6 is 15.9 Å². The van der Waals surface area contributed by atoms with E-state index < -0.39 is 6.04 Å². The van der Waals surface area contributed by atoms with Crippen molar-refractivity contribution >= 4 is 27.7 Å². The Morgan fingerprint density at radius 2 is 1.71 bits per heavy atom. The van der Waals surface area contributed by atoms with E-state index in [9.17, 15) is 9.59 Å². The van der Waals surface area contributed by atoms with Gasteiger partial charge < -0.3 is 19.7 Å². The number of amides is 2. The third-order valence-corrected chi connectivity index (χ3v) is 6.39. The first-order valence-corrected chi connectivity index (χ1v) is 11.8. The van der Waals surface area contributed by atoms with Crippen LogP contribution in [0.25, 0.3) is 0 Å². The van der Waals surface area contributed by atoms with Crippen LogP contribution in [0.4, 0.5) is 0 Å². The maximum atomic E-state index is 13.5. The smallest absolute Gasteiger partial charge is 0.261 e. The monoisotopic (exact) mass is 524 g/mol. The highest BCUT2D eigenvalue weighted by Crippen LogP contribution is 2.22. The van der Waals surface area contributed by atoms with Crippen LogP contribution in [0.1, 0.15) is 16.7 Å². The van der Waals surface area contributed by atoms with Crippen LogP contribution in [0, 0.1) is 6.92 Å². The molecule has 7 heteroatoms. The third kappa shape index (κ3) is 6.84. The summed E-state index contributed by atoms with van der Waals surface area (Å²) in [4.78, 5) is 28.0. The number of halogens is 1. The summed E-state index contributed by atoms with van der Waals surface area (Å²) in [5.41, 5.74) is 2.82. The van der Waals surface area contributed by atoms with Crippen LogP contribution in [0.2, 0.25) is 0 Å². The second-order valence-electron chi connectivity index (χ2n) is 7.89. The molecule has 178 valence electrons. The number of likely N-dealkylation sites (N-methyl/N-ethyl adjacent to an activating group) is 1. The lowest BCUT2D eigenvalue weighted by Gasteiger charge is -2.31. The number of carbonyl (C=O) groups excluding carboxylic acids is 2. The molecule has 3 rings (SSSR count). The van der Waals surface area contributed by atoms with E-state index in [0.29, 0.717) is 17.9 Å². The van der Waals surface area contributed by atoms with E-state index in [4.69, 9.17) is 9.47 Å². The van der Waals surface area contributed by atoms with Crippen molar-refractivity contribution in [1.82, 2.24) is 10.2 Å². The summed E-state index contributed by atoms with van der Waals surface area (Å²) in [6.45, 7) is 2.01. The zero-order valence-electron chi connectivity index (χ0n) is 19.6. The predicted octanol–water partition coefficient (Wildman–Crippen LogP) is 4.53. The predicted molar refractivity (Wildman–Crippen MR) is 136 cm³/mol. The standard InChI is InChI=1S/C27H29BrN2O4/c1-19-14-23(12-13-24(19)28)34-18-26(31)30(17-21-10-7-11-22(15-21)33-3)25(27(32)29-2)16-20-8-5-4-6-9-20/h4-15,25H,16-18H2,1-3H3,(H,29,32)/t25-/m1/s1. The molecule has 6 nitrogen and oxygen atoms in total. The van der Waals surface area contributed by atoms with Gasteiger partial charge in [-0.2, -0.15) is 0 Å². The van der Waals surface area contributed by atoms with Crippen LogP contribution in [0.3, 0.4) is 0 Å². The molecular formula is C27H29BrN2O4. The van der Waals surface area contributed by atoms with E-state index in [2.05, 4.69) is 21.2 Å². The normalized spacial score (nSPS) is 11.4. The molecule has 0 aliphatic heterocycles. The van der Waals surface area contributed by atoms with Gasteiger partial charge in [0.05, 0.1) is 7.11 Å². The Kier molecular flexibility index (Phi) is 9.10. The molecule has 2 amide bonds. The highest BCUT2D eigenvalue weighted by Gasteiger charge is 2.30. The molecular weight excluding hydrogens is 496 g/mol. The number of rotatable bonds is 10. The molecule has 3 aromatic carbocycles. The fraction of sp³-hybridized carbons (Fsp3) is 0.259. The molecule has 0 aliphatic carbocycles. The van der Waals surface area contributed by atoms with Crippen molar-refractivity contribution in [2.75, 3.05) is 20.8 Å². The van der Waals surface area contributed by atoms with Gasteiger partial charge >= 0.3 is 0 Å². The number of hydrogen-bond donors (Lipinski definition) is 1. The van der Waals surface area contributed by atoms with E-state index in [1.165, 1.54) is 0 Å². The molecule has 0 spiro atoms. The summed E-state index contributed by atoms with van der Waals surface area (Å²) in [6.07, 6.45) is 0.383. The van der Waals surface area contributed by atoms with Crippen molar-refractivity contribution < 1.29 is 19.1 Å². The molecule has 3 aromatic rings. The number of benzene rings is 3. The lowest BCUT2D eigenvalue weighted by atomic mass is 10.0. The van der Waals surface area contributed by atoms with Gasteiger partial charge in [-0.25, -0.2) is 0 Å². The minimum Gasteiger partial charge on any atom is -0.497 e. The third-order valence-electron chi connectivity index (χ3n) is 5.50. The van der Waals surface area contributed by atoms with Gasteiger partial charge in [-0.05, 0) is 53.9 Å². The van der Waals surface area contributed by atoms with Gasteiger partial charge in [-0.3, -0.25) is 9.59 Å². The summed E-state index contributed by atoms with van der Waals surface area (Å²) in [5, 5.41) is 2.71. The van der Waals surface area contributed by atoms with Crippen molar-refractivity contribution in [2.45, 2.75) is 25.9 Å². The largest absolute Gasteiger partial charge is 0.497 e. The molecule has 1 N–H and O–H groups in total. The van der Waals surface area contributed by atoms with Gasteiger partial charge in [0.1, 0.15) is 17.5 Å². The Morgan fingerprint density at radius 1 is 0.971 bits per heavy atom. The summed E-state index contributed by atoms with van der Waals surface area (Å²) < 4.78 is 12.1. The van der Waals surface area contributed by atoms with Crippen molar-refractivity contribution in [3.05, 3.63) is 94.0 Å². The van der Waals surface area contributed by atoms with Crippen LogP contribution in [-0.4, -0.2) is 43.5 Å². The number of methoxy groups -OCH3 is 1. The molecule has 0 aromatic heterocycles. The van der Waals surface area contributed by atoms with E-state index >= 15 is 0 Å². The zero-order valence-corrected chi connectivity index (χ0v) is 21.2. The second kappa shape index (κ2) is 12.2. The molecule has 0 bridgehead atoms. The Hall–Kier alpha value is -3.32. The topological polar surface area (TPSA) is 67.9 Å². The highest BCUT2D eigenvalue weighted by atomic mass is 79.9. The lowest BCUT2D eigenvalue weighted by Crippen LogP contribution is -2.51. The molecule has 0 heterocycles. The van der Waals surface area contributed by atoms with Gasteiger partial charge in [0.25, 0.3) is 5.91 Å². The quantitative estimate of drug-likeness (QED) is 0.423. The first-order valence-electron chi connectivity index (χ1n) is 11.0. The maximum Gasteiger partial charge on any atom is 0.261 e. The summed E-state index contributed by atoms with van der Waals surface area (Å²) >= 11 is 3.47. The first-order chi connectivity index (χ1) is 16.4. The van der Waals surface area contributed by atoms with Gasteiger partial charge in [0.15, 0.2) is 6.61 Å². The maximum absolute atomic E-state index is 13.5. The average Bonchev–Trinajstić information content (AvgIpc) is 2.86. The van der Waals surface area contributed by atoms with Crippen LogP contribution in [0.15, 0.2) is 77.3 Å². The Balaban J connectivity index is 1.88. The van der Waals surface area contributed by atoms with Gasteiger partial charge in [0.2, 0.25) is 5.91 Å². The fourth-order valence-electron chi connectivity index (χ4n) is 3.62. The highest BCUT2D eigenvalue weighted by molar-refractivity contribution is 9.10. The lowest BCUT2D eigenvalue weighted by molar-refractivity contribution is -0.142. The van der Waals surface area contributed by atoms with Crippen LogP contribution < -0.4 is 14.8 Å². The number of nitrogens with one attached hydrogen (secondary N) is 1. The van der Waals surface area contributed by atoms with Crippen molar-refractivity contribution in [2.24, 2.45) is 0 Å². The average molecular weight is 525 g/mol. The van der Waals surface area contributed by atoms with Crippen molar-refractivity contribution in [1.29, 1.82) is 0 Å². The molecule has 34 heavy (non-hydrogen) atoms. The van der Waals surface area contributed by atoms with Gasteiger partial charge in [0, 0.05) is 24.5 Å². The number of hydrogen-bond acceptors (Lipinski definition) is 4. The van der Waals surface area contributed by atoms with Crippen molar-refractivity contribution in [3.8, 4) is 11.5 Å². The molecule has 0 aliphatic rings. The Morgan fingerprint density at radius 3 is 2.38 bits per heavy atom. The second-order valence-corrected chi connectivity index (χ2v) is 8.75. The molecule has 0 saturated heterocycles. The van der Waals surface area contributed by atoms with Gasteiger partial charge in [-0.15, -0.1) is 0 Å². The summed E-state index contributed by atoms with van der Waals surface area (Å²) in [7, 11) is 3.18. The van der Waals surface area contributed by atoms with E-state index in [1.807, 2.05) is 73.7 Å². The van der Waals surface area contributed by atoms with Crippen molar-refractivity contribution in [3.63, 3.8) is 0 Å². The van der Waals surface area contributed by atoms with E-state index in [1.54, 1.807) is 25.1 Å². The summed E-state index contributed by atoms with van der Waals surface area (Å²) in [6, 6.07) is 22.0. The SMILES string of the molecule is CNC(=O)[C@@H](Cc1ccccc1)N(Cc1cccc(OC)c1)C(=O)COc1ccc(Br)c(C)c1. The Bertz CT molecular complexity index is 1120. The molecule has 0 saturated carbocycles. The number of ether oxygens (including phenoxy) is 2. The number of nitrogens with zero attached hydrogens (tertiary/aromatic N) is 1. The van der Waals surface area contributed by atoms with Crippen LogP contribution in [0.5, 0.6) is 11.5 Å².